The molecule has 1 N–H and O–H groups in total. The van der Waals surface area contributed by atoms with Gasteiger partial charge in [0.25, 0.3) is 0 Å². The lowest BCUT2D eigenvalue weighted by Crippen LogP contribution is -2.40. The number of morpholine rings is 1. The number of ether oxygens (including phenoxy) is 1. The SMILES string of the molecule is Cc1ccc(NC(=O)/C=C/c2cccs2)cc1S(=O)(=O)N1CCOCC1. The number of benzene rings is 1. The third-order valence-electron chi connectivity index (χ3n) is 3.99. The summed E-state index contributed by atoms with van der Waals surface area (Å²) in [5.41, 5.74) is 1.09. The second-order valence-corrected chi connectivity index (χ2v) is 8.72. The molecule has 0 atom stereocenters. The molecule has 138 valence electrons. The zero-order valence-electron chi connectivity index (χ0n) is 14.3. The predicted molar refractivity (Wildman–Crippen MR) is 103 cm³/mol. The normalized spacial score (nSPS) is 16.0. The van der Waals surface area contributed by atoms with Gasteiger partial charge in [0, 0.05) is 29.7 Å². The second kappa shape index (κ2) is 8.13. The minimum atomic E-state index is -3.61. The first kappa shape index (κ1) is 18.8. The van der Waals surface area contributed by atoms with E-state index in [1.54, 1.807) is 25.1 Å². The van der Waals surface area contributed by atoms with E-state index in [9.17, 15) is 13.2 Å². The van der Waals surface area contributed by atoms with Gasteiger partial charge in [0.2, 0.25) is 15.9 Å². The van der Waals surface area contributed by atoms with Gasteiger partial charge in [0.1, 0.15) is 0 Å². The molecule has 0 spiro atoms. The first-order valence-corrected chi connectivity index (χ1v) is 10.5. The van der Waals surface area contributed by atoms with Crippen molar-refractivity contribution in [2.45, 2.75) is 11.8 Å². The van der Waals surface area contributed by atoms with Crippen molar-refractivity contribution in [1.82, 2.24) is 4.31 Å². The van der Waals surface area contributed by atoms with Gasteiger partial charge >= 0.3 is 0 Å². The molecule has 1 aromatic heterocycles. The number of carbonyl (C=O) groups is 1. The molecule has 0 aliphatic carbocycles. The smallest absolute Gasteiger partial charge is 0.248 e. The predicted octanol–water partition coefficient (Wildman–Crippen LogP) is 2.73. The van der Waals surface area contributed by atoms with Crippen LogP contribution in [-0.4, -0.2) is 44.9 Å². The van der Waals surface area contributed by atoms with Gasteiger partial charge in [-0.2, -0.15) is 4.31 Å². The highest BCUT2D eigenvalue weighted by Gasteiger charge is 2.28. The largest absolute Gasteiger partial charge is 0.379 e. The summed E-state index contributed by atoms with van der Waals surface area (Å²) in [5, 5.41) is 4.65. The monoisotopic (exact) mass is 392 g/mol. The van der Waals surface area contributed by atoms with Crippen molar-refractivity contribution in [3.05, 3.63) is 52.2 Å². The van der Waals surface area contributed by atoms with E-state index < -0.39 is 10.0 Å². The molecule has 1 amide bonds. The Labute approximate surface area is 157 Å². The lowest BCUT2D eigenvalue weighted by Gasteiger charge is -2.26. The summed E-state index contributed by atoms with van der Waals surface area (Å²) in [5.74, 6) is -0.308. The van der Waals surface area contributed by atoms with Crippen LogP contribution in [0.3, 0.4) is 0 Å². The first-order valence-electron chi connectivity index (χ1n) is 8.18. The van der Waals surface area contributed by atoms with E-state index in [4.69, 9.17) is 4.74 Å². The number of hydrogen-bond acceptors (Lipinski definition) is 5. The third-order valence-corrected chi connectivity index (χ3v) is 6.86. The molecule has 26 heavy (non-hydrogen) atoms. The number of nitrogens with zero attached hydrogens (tertiary/aromatic N) is 1. The second-order valence-electron chi connectivity index (χ2n) is 5.83. The first-order chi connectivity index (χ1) is 12.5. The Morgan fingerprint density at radius 1 is 1.27 bits per heavy atom. The van der Waals surface area contributed by atoms with Gasteiger partial charge in [0.15, 0.2) is 0 Å². The summed E-state index contributed by atoms with van der Waals surface area (Å²) < 4.78 is 32.4. The van der Waals surface area contributed by atoms with Crippen molar-refractivity contribution in [1.29, 1.82) is 0 Å². The molecule has 8 heteroatoms. The summed E-state index contributed by atoms with van der Waals surface area (Å²) >= 11 is 1.53. The van der Waals surface area contributed by atoms with Crippen LogP contribution in [0.25, 0.3) is 6.08 Å². The quantitative estimate of drug-likeness (QED) is 0.794. The molecule has 0 radical (unpaired) electrons. The summed E-state index contributed by atoms with van der Waals surface area (Å²) in [7, 11) is -3.61. The Kier molecular flexibility index (Phi) is 5.87. The van der Waals surface area contributed by atoms with Crippen LogP contribution in [-0.2, 0) is 19.6 Å². The zero-order chi connectivity index (χ0) is 18.6. The number of carbonyl (C=O) groups excluding carboxylic acids is 1. The van der Waals surface area contributed by atoms with Crippen LogP contribution in [0.5, 0.6) is 0 Å². The fourth-order valence-electron chi connectivity index (χ4n) is 2.61. The Balaban J connectivity index is 1.78. The number of thiophene rings is 1. The van der Waals surface area contributed by atoms with Gasteiger partial charge in [-0.15, -0.1) is 11.3 Å². The highest BCUT2D eigenvalue weighted by atomic mass is 32.2. The lowest BCUT2D eigenvalue weighted by molar-refractivity contribution is -0.111. The van der Waals surface area contributed by atoms with Crippen molar-refractivity contribution in [2.24, 2.45) is 0 Å². The van der Waals surface area contributed by atoms with Crippen LogP contribution >= 0.6 is 11.3 Å². The summed E-state index contributed by atoms with van der Waals surface area (Å²) in [6.07, 6.45) is 3.15. The third kappa shape index (κ3) is 4.39. The van der Waals surface area contributed by atoms with Crippen molar-refractivity contribution < 1.29 is 17.9 Å². The van der Waals surface area contributed by atoms with Crippen molar-refractivity contribution in [3.8, 4) is 0 Å². The fourth-order valence-corrected chi connectivity index (χ4v) is 4.89. The van der Waals surface area contributed by atoms with Crippen LogP contribution in [0, 0.1) is 6.92 Å². The van der Waals surface area contributed by atoms with Gasteiger partial charge in [-0.1, -0.05) is 12.1 Å². The Hall–Kier alpha value is -2.00. The standard InChI is InChI=1S/C18H20N2O4S2/c1-14-4-5-15(19-18(21)7-6-16-3-2-12-25-16)13-17(14)26(22,23)20-8-10-24-11-9-20/h2-7,12-13H,8-11H2,1H3,(H,19,21)/b7-6+. The summed E-state index contributed by atoms with van der Waals surface area (Å²) in [6.45, 7) is 3.20. The molecule has 0 unspecified atom stereocenters. The molecule has 1 saturated heterocycles. The van der Waals surface area contributed by atoms with E-state index in [0.717, 1.165) is 4.88 Å². The maximum absolute atomic E-state index is 12.9. The number of anilines is 1. The summed E-state index contributed by atoms with van der Waals surface area (Å²) in [4.78, 5) is 13.3. The Bertz CT molecular complexity index is 899. The number of amides is 1. The van der Waals surface area contributed by atoms with Crippen LogP contribution < -0.4 is 5.32 Å². The molecule has 2 aromatic rings. The Morgan fingerprint density at radius 3 is 2.73 bits per heavy atom. The van der Waals surface area contributed by atoms with E-state index in [1.807, 2.05) is 17.5 Å². The number of nitrogens with one attached hydrogen (secondary N) is 1. The fraction of sp³-hybridized carbons (Fsp3) is 0.278. The van der Waals surface area contributed by atoms with Crippen LogP contribution in [0.15, 0.2) is 46.7 Å². The summed E-state index contributed by atoms with van der Waals surface area (Å²) in [6, 6.07) is 8.73. The molecule has 1 fully saturated rings. The molecular weight excluding hydrogens is 372 g/mol. The number of rotatable bonds is 5. The average Bonchev–Trinajstić information content (AvgIpc) is 3.16. The van der Waals surface area contributed by atoms with Gasteiger partial charge in [-0.25, -0.2) is 8.42 Å². The van der Waals surface area contributed by atoms with Crippen LogP contribution in [0.4, 0.5) is 5.69 Å². The molecule has 1 aliphatic heterocycles. The average molecular weight is 393 g/mol. The van der Waals surface area contributed by atoms with Gasteiger partial charge in [-0.05, 0) is 42.1 Å². The maximum Gasteiger partial charge on any atom is 0.248 e. The number of sulfonamides is 1. The van der Waals surface area contributed by atoms with Crippen molar-refractivity contribution in [3.63, 3.8) is 0 Å². The van der Waals surface area contributed by atoms with Gasteiger partial charge in [-0.3, -0.25) is 4.79 Å². The van der Waals surface area contributed by atoms with Crippen LogP contribution in [0.2, 0.25) is 0 Å². The molecule has 1 aromatic carbocycles. The van der Waals surface area contributed by atoms with Crippen molar-refractivity contribution in [2.75, 3.05) is 31.6 Å². The maximum atomic E-state index is 12.9. The molecule has 2 heterocycles. The molecule has 3 rings (SSSR count). The zero-order valence-corrected chi connectivity index (χ0v) is 16.0. The highest BCUT2D eigenvalue weighted by molar-refractivity contribution is 7.89. The van der Waals surface area contributed by atoms with Gasteiger partial charge < -0.3 is 10.1 Å². The Morgan fingerprint density at radius 2 is 2.04 bits per heavy atom. The molecule has 0 bridgehead atoms. The van der Waals surface area contributed by atoms with Crippen molar-refractivity contribution >= 4 is 39.0 Å². The van der Waals surface area contributed by atoms with Gasteiger partial charge in [0.05, 0.1) is 18.1 Å². The molecule has 1 aliphatic rings. The minimum absolute atomic E-state index is 0.208. The number of hydrogen-bond donors (Lipinski definition) is 1. The molecule has 0 saturated carbocycles. The minimum Gasteiger partial charge on any atom is -0.379 e. The van der Waals surface area contributed by atoms with E-state index in [0.29, 0.717) is 37.6 Å². The van der Waals surface area contributed by atoms with E-state index >= 15 is 0 Å². The number of aryl methyl sites for hydroxylation is 1. The lowest BCUT2D eigenvalue weighted by atomic mass is 10.2. The van der Waals surface area contributed by atoms with E-state index in [-0.39, 0.29) is 10.8 Å². The molecule has 6 nitrogen and oxygen atoms in total. The van der Waals surface area contributed by atoms with E-state index in [2.05, 4.69) is 5.32 Å². The van der Waals surface area contributed by atoms with Crippen LogP contribution in [0.1, 0.15) is 10.4 Å². The van der Waals surface area contributed by atoms with E-state index in [1.165, 1.54) is 27.8 Å². The molecular formula is C18H20N2O4S2. The highest BCUT2D eigenvalue weighted by Crippen LogP contribution is 2.24. The topological polar surface area (TPSA) is 75.7 Å².